The lowest BCUT2D eigenvalue weighted by Gasteiger charge is -2.33. The van der Waals surface area contributed by atoms with Crippen molar-refractivity contribution in [2.45, 2.75) is 57.3 Å². The molecule has 2 amide bonds. The zero-order valence-electron chi connectivity index (χ0n) is 23.7. The van der Waals surface area contributed by atoms with Crippen molar-refractivity contribution in [1.29, 1.82) is 0 Å². The average molecular weight is 590 g/mol. The van der Waals surface area contributed by atoms with Crippen molar-refractivity contribution in [2.75, 3.05) is 5.32 Å². The highest BCUT2D eigenvalue weighted by atomic mass is 35.5. The number of carbonyl (C=O) groups excluding carboxylic acids is 2. The fourth-order valence-electron chi connectivity index (χ4n) is 5.01. The van der Waals surface area contributed by atoms with Crippen molar-refractivity contribution >= 4 is 29.1 Å². The Kier molecular flexibility index (Phi) is 8.31. The molecule has 0 unspecified atom stereocenters. The number of imidazole rings is 1. The van der Waals surface area contributed by atoms with Crippen LogP contribution >= 0.6 is 11.6 Å². The molecule has 2 aromatic heterocycles. The monoisotopic (exact) mass is 589 g/mol. The van der Waals surface area contributed by atoms with Crippen molar-refractivity contribution in [1.82, 2.24) is 19.4 Å². The van der Waals surface area contributed by atoms with E-state index < -0.39 is 23.5 Å². The Morgan fingerprint density at radius 3 is 2.36 bits per heavy atom. The van der Waals surface area contributed by atoms with Crippen LogP contribution in [0.1, 0.15) is 44.7 Å². The number of pyridine rings is 1. The van der Waals surface area contributed by atoms with E-state index in [2.05, 4.69) is 15.6 Å². The van der Waals surface area contributed by atoms with Crippen LogP contribution in [0.15, 0.2) is 78.1 Å². The van der Waals surface area contributed by atoms with Crippen LogP contribution in [0, 0.1) is 0 Å². The van der Waals surface area contributed by atoms with E-state index in [1.54, 1.807) is 47.6 Å². The Balaban J connectivity index is 1.40. The minimum atomic E-state index is -1.97. The fourth-order valence-corrected chi connectivity index (χ4v) is 5.20. The quantitative estimate of drug-likeness (QED) is 0.261. The van der Waals surface area contributed by atoms with Crippen LogP contribution in [0.3, 0.4) is 0 Å². The number of carbonyl (C=O) groups is 2. The van der Waals surface area contributed by atoms with E-state index in [1.807, 2.05) is 49.7 Å². The van der Waals surface area contributed by atoms with E-state index in [0.29, 0.717) is 22.7 Å². The maximum absolute atomic E-state index is 15.0. The summed E-state index contributed by atoms with van der Waals surface area (Å²) in [5, 5.41) is 5.90. The summed E-state index contributed by atoms with van der Waals surface area (Å²) in [5.41, 5.74) is 2.49. The summed E-state index contributed by atoms with van der Waals surface area (Å²) in [5.74, 6) is -1.29. The van der Waals surface area contributed by atoms with Gasteiger partial charge in [0.2, 0.25) is 5.91 Å². The van der Waals surface area contributed by atoms with Gasteiger partial charge in [-0.2, -0.15) is 0 Å². The topological polar surface area (TPSA) is 98.0 Å². The second-order valence-electron chi connectivity index (χ2n) is 11.1. The molecule has 8 nitrogen and oxygen atoms in total. The van der Waals surface area contributed by atoms with E-state index in [1.165, 1.54) is 6.07 Å². The SMILES string of the molecule is CC(C)n1cc(-c2ccc(Cl)c(C[C@H](NC(=O)C3(F)CCC3)C(=O)Nc3ccc(-c4cncn4C)cc3)c2)ccc1=O. The average Bonchev–Trinajstić information content (AvgIpc) is 3.38. The highest BCUT2D eigenvalue weighted by Gasteiger charge is 2.45. The maximum atomic E-state index is 15.0. The van der Waals surface area contributed by atoms with Crippen LogP contribution in [-0.4, -0.2) is 37.6 Å². The number of aryl methyl sites for hydroxylation is 1. The molecular weight excluding hydrogens is 557 g/mol. The molecule has 0 spiro atoms. The maximum Gasteiger partial charge on any atom is 0.258 e. The predicted molar refractivity (Wildman–Crippen MR) is 162 cm³/mol. The number of hydrogen-bond acceptors (Lipinski definition) is 4. The molecule has 1 atom stereocenters. The van der Waals surface area contributed by atoms with Gasteiger partial charge in [0, 0.05) is 42.5 Å². The molecule has 218 valence electrons. The van der Waals surface area contributed by atoms with Gasteiger partial charge in [-0.15, -0.1) is 0 Å². The van der Waals surface area contributed by atoms with Crippen molar-refractivity contribution in [3.05, 3.63) is 94.3 Å². The number of halogens is 2. The largest absolute Gasteiger partial charge is 0.341 e. The standard InChI is InChI=1S/C32H33ClFN5O3/c1-20(2)39-18-23(8-12-29(39)40)22-7-11-26(33)24(15-22)16-27(37-31(42)32(34)13-4-14-32)30(41)36-25-9-5-21(6-10-25)28-17-35-19-38(28)3/h5-12,15,17-20,27H,4,13-14,16H2,1-3H3,(H,36,41)(H,37,42)/t27-/m0/s1. The van der Waals surface area contributed by atoms with E-state index in [9.17, 15) is 18.8 Å². The molecule has 1 aliphatic carbocycles. The molecule has 4 aromatic rings. The molecular formula is C32H33ClFN5O3. The van der Waals surface area contributed by atoms with Gasteiger partial charge in [0.25, 0.3) is 11.5 Å². The first-order valence-corrected chi connectivity index (χ1v) is 14.3. The Bertz CT molecular complexity index is 1670. The number of benzene rings is 2. The summed E-state index contributed by atoms with van der Waals surface area (Å²) >= 11 is 6.56. The number of nitrogens with zero attached hydrogens (tertiary/aromatic N) is 3. The smallest absolute Gasteiger partial charge is 0.258 e. The molecule has 42 heavy (non-hydrogen) atoms. The van der Waals surface area contributed by atoms with Crippen LogP contribution in [0.25, 0.3) is 22.4 Å². The van der Waals surface area contributed by atoms with Crippen molar-refractivity contribution in [3.63, 3.8) is 0 Å². The first kappa shape index (κ1) is 29.3. The van der Waals surface area contributed by atoms with Crippen molar-refractivity contribution in [2.24, 2.45) is 7.05 Å². The first-order chi connectivity index (χ1) is 20.0. The Labute approximate surface area is 248 Å². The molecule has 0 bridgehead atoms. The third-order valence-corrected chi connectivity index (χ3v) is 8.11. The minimum Gasteiger partial charge on any atom is -0.341 e. The lowest BCUT2D eigenvalue weighted by Crippen LogP contribution is -2.54. The van der Waals surface area contributed by atoms with Crippen molar-refractivity contribution < 1.29 is 14.0 Å². The zero-order valence-corrected chi connectivity index (χ0v) is 24.5. The summed E-state index contributed by atoms with van der Waals surface area (Å²) in [4.78, 5) is 42.8. The number of nitrogens with one attached hydrogen (secondary N) is 2. The van der Waals surface area contributed by atoms with Crippen LogP contribution in [0.4, 0.5) is 10.1 Å². The molecule has 10 heteroatoms. The molecule has 5 rings (SSSR count). The molecule has 0 radical (unpaired) electrons. The second kappa shape index (κ2) is 11.9. The highest BCUT2D eigenvalue weighted by Crippen LogP contribution is 2.36. The van der Waals surface area contributed by atoms with Crippen molar-refractivity contribution in [3.8, 4) is 22.4 Å². The van der Waals surface area contributed by atoms with Gasteiger partial charge >= 0.3 is 0 Å². The second-order valence-corrected chi connectivity index (χ2v) is 11.5. The number of rotatable bonds is 9. The Hall–Kier alpha value is -4.24. The molecule has 2 aromatic carbocycles. The van der Waals surface area contributed by atoms with Gasteiger partial charge in [0.05, 0.1) is 18.2 Å². The van der Waals surface area contributed by atoms with Crippen LogP contribution < -0.4 is 16.2 Å². The summed E-state index contributed by atoms with van der Waals surface area (Å²) in [6.45, 7) is 3.85. The predicted octanol–water partition coefficient (Wildman–Crippen LogP) is 5.71. The zero-order chi connectivity index (χ0) is 30.0. The molecule has 2 N–H and O–H groups in total. The summed E-state index contributed by atoms with van der Waals surface area (Å²) in [6.07, 6.45) is 6.16. The van der Waals surface area contributed by atoms with E-state index >= 15 is 0 Å². The summed E-state index contributed by atoms with van der Waals surface area (Å²) < 4.78 is 18.5. The van der Waals surface area contributed by atoms with Crippen LogP contribution in [0.2, 0.25) is 5.02 Å². The molecule has 2 heterocycles. The van der Waals surface area contributed by atoms with Gasteiger partial charge in [-0.05, 0) is 85.7 Å². The summed E-state index contributed by atoms with van der Waals surface area (Å²) in [7, 11) is 1.89. The third kappa shape index (κ3) is 6.16. The number of alkyl halides is 1. The first-order valence-electron chi connectivity index (χ1n) is 13.9. The lowest BCUT2D eigenvalue weighted by molar-refractivity contribution is -0.140. The number of hydrogen-bond donors (Lipinski definition) is 2. The van der Waals surface area contributed by atoms with E-state index in [-0.39, 0.29) is 30.9 Å². The Morgan fingerprint density at radius 1 is 1.05 bits per heavy atom. The van der Waals surface area contributed by atoms with Gasteiger partial charge in [0.1, 0.15) is 6.04 Å². The normalized spacial score (nSPS) is 14.7. The molecule has 1 fully saturated rings. The van der Waals surface area contributed by atoms with Gasteiger partial charge in [-0.3, -0.25) is 14.4 Å². The Morgan fingerprint density at radius 2 is 1.74 bits per heavy atom. The number of anilines is 1. The van der Waals surface area contributed by atoms with Gasteiger partial charge in [-0.1, -0.05) is 29.8 Å². The molecule has 0 saturated heterocycles. The number of amides is 2. The molecule has 1 saturated carbocycles. The fraction of sp³-hybridized carbons (Fsp3) is 0.312. The van der Waals surface area contributed by atoms with E-state index in [0.717, 1.165) is 22.4 Å². The van der Waals surface area contributed by atoms with Gasteiger partial charge in [0.15, 0.2) is 5.67 Å². The lowest BCUT2D eigenvalue weighted by atomic mass is 9.81. The van der Waals surface area contributed by atoms with Gasteiger partial charge in [-0.25, -0.2) is 9.37 Å². The summed E-state index contributed by atoms with van der Waals surface area (Å²) in [6, 6.07) is 14.8. The van der Waals surface area contributed by atoms with Crippen LogP contribution in [-0.2, 0) is 23.1 Å². The third-order valence-electron chi connectivity index (χ3n) is 7.74. The number of aromatic nitrogens is 3. The minimum absolute atomic E-state index is 0.0229. The van der Waals surface area contributed by atoms with E-state index in [4.69, 9.17) is 11.6 Å². The van der Waals surface area contributed by atoms with Crippen LogP contribution in [0.5, 0.6) is 0 Å². The van der Waals surface area contributed by atoms with Gasteiger partial charge < -0.3 is 19.8 Å². The highest BCUT2D eigenvalue weighted by molar-refractivity contribution is 6.31. The molecule has 1 aliphatic rings. The molecule has 0 aliphatic heterocycles.